The van der Waals surface area contributed by atoms with E-state index in [0.29, 0.717) is 5.75 Å². The lowest BCUT2D eigenvalue weighted by atomic mass is 10.2. The second-order valence-corrected chi connectivity index (χ2v) is 7.62. The number of hydrogen-bond donors (Lipinski definition) is 1. The van der Waals surface area contributed by atoms with Crippen LogP contribution in [-0.4, -0.2) is 27.2 Å². The molecule has 2 aromatic rings. The quantitative estimate of drug-likeness (QED) is 0.835. The average molecular weight is 347 g/mol. The first-order valence-electron chi connectivity index (χ1n) is 7.64. The number of sulfone groups is 1. The van der Waals surface area contributed by atoms with Crippen molar-refractivity contribution in [2.75, 3.05) is 18.2 Å². The fourth-order valence-corrected chi connectivity index (χ4v) is 3.58. The van der Waals surface area contributed by atoms with Crippen molar-refractivity contribution in [1.82, 2.24) is 0 Å². The van der Waals surface area contributed by atoms with Crippen LogP contribution in [-0.2, 0) is 14.6 Å². The van der Waals surface area contributed by atoms with Crippen LogP contribution in [0.1, 0.15) is 18.4 Å². The molecular formula is C18H21NO4S. The van der Waals surface area contributed by atoms with E-state index in [0.717, 1.165) is 11.3 Å². The predicted molar refractivity (Wildman–Crippen MR) is 94.1 cm³/mol. The van der Waals surface area contributed by atoms with Crippen LogP contribution in [0, 0.1) is 6.92 Å². The first kappa shape index (κ1) is 18.0. The van der Waals surface area contributed by atoms with Crippen LogP contribution < -0.4 is 10.1 Å². The molecule has 6 heteroatoms. The molecule has 0 aliphatic heterocycles. The molecule has 0 aliphatic rings. The number of anilines is 1. The Labute approximate surface area is 142 Å². The molecule has 0 saturated heterocycles. The van der Waals surface area contributed by atoms with Crippen LogP contribution in [0.5, 0.6) is 5.75 Å². The Morgan fingerprint density at radius 2 is 1.83 bits per heavy atom. The fraction of sp³-hybridized carbons (Fsp3) is 0.278. The number of hydrogen-bond acceptors (Lipinski definition) is 4. The summed E-state index contributed by atoms with van der Waals surface area (Å²) in [4.78, 5) is 12.1. The van der Waals surface area contributed by atoms with E-state index in [-0.39, 0.29) is 29.4 Å². The molecular weight excluding hydrogens is 326 g/mol. The number of methoxy groups -OCH3 is 1. The highest BCUT2D eigenvalue weighted by atomic mass is 32.2. The van der Waals surface area contributed by atoms with Gasteiger partial charge in [-0.25, -0.2) is 8.42 Å². The summed E-state index contributed by atoms with van der Waals surface area (Å²) >= 11 is 0. The van der Waals surface area contributed by atoms with Gasteiger partial charge in [-0.1, -0.05) is 12.1 Å². The minimum absolute atomic E-state index is 0.0689. The molecule has 0 fully saturated rings. The zero-order valence-corrected chi connectivity index (χ0v) is 14.6. The Hall–Kier alpha value is -2.34. The summed E-state index contributed by atoms with van der Waals surface area (Å²) in [5.74, 6) is 0.345. The molecule has 0 bridgehead atoms. The zero-order chi connectivity index (χ0) is 17.6. The monoisotopic (exact) mass is 347 g/mol. The molecule has 2 rings (SSSR count). The van der Waals surface area contributed by atoms with Gasteiger partial charge in [0, 0.05) is 12.1 Å². The van der Waals surface area contributed by atoms with Crippen LogP contribution in [0.15, 0.2) is 53.4 Å². The smallest absolute Gasteiger partial charge is 0.224 e. The average Bonchev–Trinajstić information content (AvgIpc) is 2.54. The van der Waals surface area contributed by atoms with Crippen molar-refractivity contribution in [3.63, 3.8) is 0 Å². The molecule has 0 aliphatic carbocycles. The Kier molecular flexibility index (Phi) is 5.98. The van der Waals surface area contributed by atoms with E-state index >= 15 is 0 Å². The van der Waals surface area contributed by atoms with Gasteiger partial charge in [0.15, 0.2) is 9.84 Å². The Morgan fingerprint density at radius 1 is 1.12 bits per heavy atom. The third-order valence-corrected chi connectivity index (χ3v) is 5.35. The first-order valence-corrected chi connectivity index (χ1v) is 9.29. The maximum absolute atomic E-state index is 12.2. The molecule has 0 radical (unpaired) electrons. The maximum atomic E-state index is 12.2. The van der Waals surface area contributed by atoms with Gasteiger partial charge in [-0.05, 0) is 55.3 Å². The van der Waals surface area contributed by atoms with Crippen LogP contribution >= 0.6 is 0 Å². The summed E-state index contributed by atoms with van der Waals surface area (Å²) in [7, 11) is -1.87. The van der Waals surface area contributed by atoms with Gasteiger partial charge in [0.1, 0.15) is 5.75 Å². The van der Waals surface area contributed by atoms with Crippen LogP contribution in [0.2, 0.25) is 0 Å². The lowest BCUT2D eigenvalue weighted by Crippen LogP contribution is -2.14. The van der Waals surface area contributed by atoms with Gasteiger partial charge >= 0.3 is 0 Å². The van der Waals surface area contributed by atoms with Gasteiger partial charge in [0.05, 0.1) is 17.8 Å². The topological polar surface area (TPSA) is 72.5 Å². The van der Waals surface area contributed by atoms with Crippen molar-refractivity contribution < 1.29 is 17.9 Å². The highest BCUT2D eigenvalue weighted by molar-refractivity contribution is 7.91. The molecule has 128 valence electrons. The summed E-state index contributed by atoms with van der Waals surface area (Å²) in [6, 6.07) is 13.7. The molecule has 0 heterocycles. The number of carbonyl (C=O) groups is 1. The molecule has 24 heavy (non-hydrogen) atoms. The lowest BCUT2D eigenvalue weighted by Gasteiger charge is -2.07. The summed E-state index contributed by atoms with van der Waals surface area (Å²) in [6.07, 6.45) is 0.426. The number of nitrogens with one attached hydrogen (secondary N) is 1. The van der Waals surface area contributed by atoms with E-state index in [9.17, 15) is 13.2 Å². The summed E-state index contributed by atoms with van der Waals surface area (Å²) < 4.78 is 29.5. The van der Waals surface area contributed by atoms with Crippen molar-refractivity contribution in [2.24, 2.45) is 0 Å². The number of aryl methyl sites for hydroxylation is 1. The first-order chi connectivity index (χ1) is 11.4. The van der Waals surface area contributed by atoms with Crippen molar-refractivity contribution in [1.29, 1.82) is 0 Å². The highest BCUT2D eigenvalue weighted by Gasteiger charge is 2.15. The van der Waals surface area contributed by atoms with E-state index in [2.05, 4.69) is 5.32 Å². The Balaban J connectivity index is 1.86. The standard InChI is InChI=1S/C18H21NO4S/c1-14-5-3-6-15(13-14)19-18(20)7-4-12-24(21,22)17-10-8-16(23-2)9-11-17/h3,5-6,8-11,13H,4,7,12H2,1-2H3,(H,19,20). The molecule has 0 atom stereocenters. The molecule has 1 N–H and O–H groups in total. The third-order valence-electron chi connectivity index (χ3n) is 3.54. The number of amides is 1. The van der Waals surface area contributed by atoms with Gasteiger partial charge in [0.25, 0.3) is 0 Å². The number of rotatable bonds is 7. The normalized spacial score (nSPS) is 11.1. The summed E-state index contributed by atoms with van der Waals surface area (Å²) in [5.41, 5.74) is 1.77. The molecule has 2 aromatic carbocycles. The second-order valence-electron chi connectivity index (χ2n) is 5.52. The van der Waals surface area contributed by atoms with E-state index in [1.165, 1.54) is 19.2 Å². The zero-order valence-electron chi connectivity index (χ0n) is 13.8. The molecule has 0 unspecified atom stereocenters. The molecule has 0 aromatic heterocycles. The fourth-order valence-electron chi connectivity index (χ4n) is 2.27. The molecule has 5 nitrogen and oxygen atoms in total. The van der Waals surface area contributed by atoms with E-state index in [1.807, 2.05) is 25.1 Å². The van der Waals surface area contributed by atoms with Crippen molar-refractivity contribution in [3.05, 3.63) is 54.1 Å². The maximum Gasteiger partial charge on any atom is 0.224 e. The number of ether oxygens (including phenoxy) is 1. The third kappa shape index (κ3) is 5.09. The second kappa shape index (κ2) is 7.97. The van der Waals surface area contributed by atoms with Crippen molar-refractivity contribution >= 4 is 21.4 Å². The van der Waals surface area contributed by atoms with Gasteiger partial charge in [-0.3, -0.25) is 4.79 Å². The summed E-state index contributed by atoms with van der Waals surface area (Å²) in [6.45, 7) is 1.94. The Bertz CT molecular complexity index is 798. The van der Waals surface area contributed by atoms with Crippen LogP contribution in [0.3, 0.4) is 0 Å². The van der Waals surface area contributed by atoms with E-state index in [1.54, 1.807) is 18.2 Å². The van der Waals surface area contributed by atoms with Crippen LogP contribution in [0.4, 0.5) is 5.69 Å². The molecule has 1 amide bonds. The molecule has 0 spiro atoms. The van der Waals surface area contributed by atoms with Crippen LogP contribution in [0.25, 0.3) is 0 Å². The lowest BCUT2D eigenvalue weighted by molar-refractivity contribution is -0.116. The van der Waals surface area contributed by atoms with Gasteiger partial charge in [-0.2, -0.15) is 0 Å². The van der Waals surface area contributed by atoms with Crippen molar-refractivity contribution in [2.45, 2.75) is 24.7 Å². The Morgan fingerprint density at radius 3 is 2.46 bits per heavy atom. The van der Waals surface area contributed by atoms with E-state index < -0.39 is 9.84 Å². The minimum Gasteiger partial charge on any atom is -0.497 e. The highest BCUT2D eigenvalue weighted by Crippen LogP contribution is 2.18. The minimum atomic E-state index is -3.40. The van der Waals surface area contributed by atoms with Gasteiger partial charge < -0.3 is 10.1 Å². The van der Waals surface area contributed by atoms with Crippen molar-refractivity contribution in [3.8, 4) is 5.75 Å². The largest absolute Gasteiger partial charge is 0.497 e. The van der Waals surface area contributed by atoms with E-state index in [4.69, 9.17) is 4.74 Å². The van der Waals surface area contributed by atoms with Gasteiger partial charge in [0.2, 0.25) is 5.91 Å². The molecule has 0 saturated carbocycles. The van der Waals surface area contributed by atoms with Gasteiger partial charge in [-0.15, -0.1) is 0 Å². The number of carbonyl (C=O) groups excluding carboxylic acids is 1. The SMILES string of the molecule is COc1ccc(S(=O)(=O)CCCC(=O)Nc2cccc(C)c2)cc1. The number of benzene rings is 2. The summed E-state index contributed by atoms with van der Waals surface area (Å²) in [5, 5.41) is 2.77. The predicted octanol–water partition coefficient (Wildman–Crippen LogP) is 3.20.